The molecular weight excluding hydrogens is 295 g/mol. The van der Waals surface area contributed by atoms with Crippen LogP contribution in [0.1, 0.15) is 49.4 Å². The Hall–Kier alpha value is -0.930. The van der Waals surface area contributed by atoms with Crippen molar-refractivity contribution in [3.63, 3.8) is 0 Å². The lowest BCUT2D eigenvalue weighted by molar-refractivity contribution is 0.0921. The average molecular weight is 315 g/mol. The molecule has 1 aliphatic carbocycles. The molecule has 2 unspecified atom stereocenters. The van der Waals surface area contributed by atoms with Crippen molar-refractivity contribution in [2.45, 2.75) is 45.1 Å². The molecule has 3 nitrogen and oxygen atoms in total. The fourth-order valence-electron chi connectivity index (χ4n) is 2.70. The summed E-state index contributed by atoms with van der Waals surface area (Å²) in [6, 6.07) is 3.36. The van der Waals surface area contributed by atoms with E-state index in [9.17, 15) is 4.79 Å². The monoisotopic (exact) mass is 314 g/mol. The van der Waals surface area contributed by atoms with E-state index in [1.165, 1.54) is 19.3 Å². The van der Waals surface area contributed by atoms with Crippen molar-refractivity contribution < 1.29 is 4.79 Å². The van der Waals surface area contributed by atoms with E-state index in [4.69, 9.17) is 28.9 Å². The lowest BCUT2D eigenvalue weighted by Gasteiger charge is -2.23. The number of halogens is 2. The Bertz CT molecular complexity index is 482. The Labute approximate surface area is 129 Å². The minimum absolute atomic E-state index is 0.131. The standard InChI is InChI=1S/C15H20Cl2N2O/c1-9-5-3-2-4-6-13(9)19-15(20)10-7-11(16)14(17)12(18)8-10/h7-9,13H,2-6,18H2,1H3,(H,19,20). The summed E-state index contributed by atoms with van der Waals surface area (Å²) in [6.45, 7) is 2.19. The zero-order valence-electron chi connectivity index (χ0n) is 11.6. The van der Waals surface area contributed by atoms with E-state index in [-0.39, 0.29) is 11.9 Å². The number of benzene rings is 1. The van der Waals surface area contributed by atoms with Crippen molar-refractivity contribution in [3.8, 4) is 0 Å². The number of carbonyl (C=O) groups is 1. The smallest absolute Gasteiger partial charge is 0.251 e. The molecule has 0 bridgehead atoms. The van der Waals surface area contributed by atoms with Crippen LogP contribution in [0.15, 0.2) is 12.1 Å². The molecule has 1 aromatic carbocycles. The molecular formula is C15H20Cl2N2O. The second-order valence-electron chi connectivity index (χ2n) is 5.56. The first kappa shape index (κ1) is 15.5. The van der Waals surface area contributed by atoms with Gasteiger partial charge in [-0.05, 0) is 30.9 Å². The molecule has 5 heteroatoms. The Morgan fingerprint density at radius 3 is 2.65 bits per heavy atom. The Morgan fingerprint density at radius 2 is 1.95 bits per heavy atom. The number of hydrogen-bond donors (Lipinski definition) is 2. The predicted octanol–water partition coefficient (Wildman–Crippen LogP) is 4.27. The average Bonchev–Trinajstić information content (AvgIpc) is 2.61. The number of rotatable bonds is 2. The number of carbonyl (C=O) groups excluding carboxylic acids is 1. The highest BCUT2D eigenvalue weighted by Crippen LogP contribution is 2.30. The van der Waals surface area contributed by atoms with Gasteiger partial charge >= 0.3 is 0 Å². The molecule has 1 aliphatic rings. The first-order valence-electron chi connectivity index (χ1n) is 7.04. The normalized spacial score (nSPS) is 23.1. The van der Waals surface area contributed by atoms with Gasteiger partial charge in [-0.2, -0.15) is 0 Å². The number of nitrogen functional groups attached to an aromatic ring is 1. The molecule has 1 amide bonds. The quantitative estimate of drug-likeness (QED) is 0.632. The lowest BCUT2D eigenvalue weighted by atomic mass is 9.96. The topological polar surface area (TPSA) is 55.1 Å². The van der Waals surface area contributed by atoms with E-state index in [2.05, 4.69) is 12.2 Å². The summed E-state index contributed by atoms with van der Waals surface area (Å²) in [6.07, 6.45) is 5.85. The third kappa shape index (κ3) is 3.58. The Morgan fingerprint density at radius 1 is 1.25 bits per heavy atom. The molecule has 1 aromatic rings. The number of nitrogens with one attached hydrogen (secondary N) is 1. The van der Waals surface area contributed by atoms with E-state index in [0.717, 1.165) is 12.8 Å². The van der Waals surface area contributed by atoms with E-state index < -0.39 is 0 Å². The third-order valence-corrected chi connectivity index (χ3v) is 4.81. The predicted molar refractivity (Wildman–Crippen MR) is 84.4 cm³/mol. The third-order valence-electron chi connectivity index (χ3n) is 4.00. The largest absolute Gasteiger partial charge is 0.397 e. The van der Waals surface area contributed by atoms with Crippen LogP contribution in [0.25, 0.3) is 0 Å². The first-order chi connectivity index (χ1) is 9.49. The molecule has 0 saturated heterocycles. The van der Waals surface area contributed by atoms with Crippen LogP contribution in [0.3, 0.4) is 0 Å². The van der Waals surface area contributed by atoms with Crippen molar-refractivity contribution >= 4 is 34.8 Å². The maximum absolute atomic E-state index is 12.3. The highest BCUT2D eigenvalue weighted by atomic mass is 35.5. The van der Waals surface area contributed by atoms with Gasteiger partial charge in [0.1, 0.15) is 0 Å². The summed E-state index contributed by atoms with van der Waals surface area (Å²) in [5.41, 5.74) is 6.55. The van der Waals surface area contributed by atoms with Gasteiger partial charge in [-0.1, -0.05) is 49.4 Å². The molecule has 2 rings (SSSR count). The maximum atomic E-state index is 12.3. The fourth-order valence-corrected chi connectivity index (χ4v) is 3.04. The molecule has 0 aromatic heterocycles. The second-order valence-corrected chi connectivity index (χ2v) is 6.34. The van der Waals surface area contributed by atoms with Gasteiger partial charge in [-0.25, -0.2) is 0 Å². The zero-order chi connectivity index (χ0) is 14.7. The minimum atomic E-state index is -0.131. The summed E-state index contributed by atoms with van der Waals surface area (Å²) < 4.78 is 0. The summed E-state index contributed by atoms with van der Waals surface area (Å²) >= 11 is 11.9. The van der Waals surface area contributed by atoms with Crippen molar-refractivity contribution in [1.29, 1.82) is 0 Å². The van der Waals surface area contributed by atoms with Gasteiger partial charge in [0.05, 0.1) is 15.7 Å². The number of nitrogens with two attached hydrogens (primary N) is 1. The molecule has 2 atom stereocenters. The van der Waals surface area contributed by atoms with Crippen LogP contribution >= 0.6 is 23.2 Å². The van der Waals surface area contributed by atoms with Crippen molar-refractivity contribution in [2.75, 3.05) is 5.73 Å². The molecule has 20 heavy (non-hydrogen) atoms. The Balaban J connectivity index is 2.11. The molecule has 1 saturated carbocycles. The van der Waals surface area contributed by atoms with Crippen LogP contribution in [-0.2, 0) is 0 Å². The molecule has 0 spiro atoms. The number of anilines is 1. The van der Waals surface area contributed by atoms with Crippen LogP contribution in [0, 0.1) is 5.92 Å². The van der Waals surface area contributed by atoms with E-state index >= 15 is 0 Å². The minimum Gasteiger partial charge on any atom is -0.397 e. The van der Waals surface area contributed by atoms with E-state index in [0.29, 0.717) is 27.2 Å². The van der Waals surface area contributed by atoms with Gasteiger partial charge in [0, 0.05) is 11.6 Å². The molecule has 110 valence electrons. The summed E-state index contributed by atoms with van der Waals surface area (Å²) in [7, 11) is 0. The molecule has 1 fully saturated rings. The summed E-state index contributed by atoms with van der Waals surface area (Å²) in [5.74, 6) is 0.371. The zero-order valence-corrected chi connectivity index (χ0v) is 13.1. The van der Waals surface area contributed by atoms with Crippen LogP contribution in [-0.4, -0.2) is 11.9 Å². The molecule has 3 N–H and O–H groups in total. The lowest BCUT2D eigenvalue weighted by Crippen LogP contribution is -2.38. The van der Waals surface area contributed by atoms with Crippen molar-refractivity contribution in [3.05, 3.63) is 27.7 Å². The summed E-state index contributed by atoms with van der Waals surface area (Å²) in [5, 5.41) is 3.71. The van der Waals surface area contributed by atoms with Gasteiger partial charge < -0.3 is 11.1 Å². The second kappa shape index (κ2) is 6.68. The van der Waals surface area contributed by atoms with E-state index in [1.807, 2.05) is 0 Å². The molecule has 0 heterocycles. The van der Waals surface area contributed by atoms with Crippen molar-refractivity contribution in [2.24, 2.45) is 5.92 Å². The van der Waals surface area contributed by atoms with Crippen LogP contribution in [0.4, 0.5) is 5.69 Å². The molecule has 0 radical (unpaired) electrons. The Kier molecular flexibility index (Phi) is 5.17. The highest BCUT2D eigenvalue weighted by Gasteiger charge is 2.22. The fraction of sp³-hybridized carbons (Fsp3) is 0.533. The van der Waals surface area contributed by atoms with Crippen LogP contribution in [0.2, 0.25) is 10.0 Å². The summed E-state index contributed by atoms with van der Waals surface area (Å²) in [4.78, 5) is 12.3. The van der Waals surface area contributed by atoms with Gasteiger partial charge in [0.15, 0.2) is 0 Å². The highest BCUT2D eigenvalue weighted by molar-refractivity contribution is 6.43. The number of amides is 1. The van der Waals surface area contributed by atoms with E-state index in [1.54, 1.807) is 12.1 Å². The number of hydrogen-bond acceptors (Lipinski definition) is 2. The maximum Gasteiger partial charge on any atom is 0.251 e. The van der Waals surface area contributed by atoms with Gasteiger partial charge in [-0.3, -0.25) is 4.79 Å². The van der Waals surface area contributed by atoms with Crippen LogP contribution in [0.5, 0.6) is 0 Å². The van der Waals surface area contributed by atoms with Gasteiger partial charge in [-0.15, -0.1) is 0 Å². The first-order valence-corrected chi connectivity index (χ1v) is 7.80. The SMILES string of the molecule is CC1CCCCCC1NC(=O)c1cc(N)c(Cl)c(Cl)c1. The molecule has 0 aliphatic heterocycles. The van der Waals surface area contributed by atoms with Crippen molar-refractivity contribution in [1.82, 2.24) is 5.32 Å². The van der Waals surface area contributed by atoms with Crippen LogP contribution < -0.4 is 11.1 Å². The van der Waals surface area contributed by atoms with Gasteiger partial charge in [0.2, 0.25) is 0 Å². The van der Waals surface area contributed by atoms with Gasteiger partial charge in [0.25, 0.3) is 5.91 Å².